The standard InChI is InChI=1S/C13H13BrClN3/c14-11-5-8(1-4-12(11)15)13-17-7-10(18-13)6-16-9-2-3-9/h1,4-5,7,9,16H,2-3,6H2,(H,17,18). The van der Waals surface area contributed by atoms with Crippen LogP contribution in [0.3, 0.4) is 0 Å². The normalized spacial score (nSPS) is 15.0. The molecule has 0 spiro atoms. The van der Waals surface area contributed by atoms with E-state index in [9.17, 15) is 0 Å². The summed E-state index contributed by atoms with van der Waals surface area (Å²) in [6.07, 6.45) is 4.48. The van der Waals surface area contributed by atoms with Crippen LogP contribution in [-0.4, -0.2) is 16.0 Å². The Balaban J connectivity index is 1.76. The second-order valence-corrected chi connectivity index (χ2v) is 5.80. The molecule has 0 radical (unpaired) electrons. The van der Waals surface area contributed by atoms with Crippen LogP contribution in [0.15, 0.2) is 28.9 Å². The molecule has 1 fully saturated rings. The number of aromatic amines is 1. The maximum atomic E-state index is 5.98. The van der Waals surface area contributed by atoms with Gasteiger partial charge >= 0.3 is 0 Å². The third kappa shape index (κ3) is 2.76. The van der Waals surface area contributed by atoms with Gasteiger partial charge in [0.05, 0.1) is 5.02 Å². The van der Waals surface area contributed by atoms with Crippen molar-refractivity contribution in [2.75, 3.05) is 0 Å². The van der Waals surface area contributed by atoms with Crippen LogP contribution >= 0.6 is 27.5 Å². The molecular formula is C13H13BrClN3. The lowest BCUT2D eigenvalue weighted by atomic mass is 10.2. The lowest BCUT2D eigenvalue weighted by Crippen LogP contribution is -2.15. The molecule has 0 saturated heterocycles. The van der Waals surface area contributed by atoms with Gasteiger partial charge in [-0.1, -0.05) is 11.6 Å². The van der Waals surface area contributed by atoms with Gasteiger partial charge in [-0.15, -0.1) is 0 Å². The third-order valence-electron chi connectivity index (χ3n) is 2.98. The van der Waals surface area contributed by atoms with E-state index in [-0.39, 0.29) is 0 Å². The van der Waals surface area contributed by atoms with Crippen molar-refractivity contribution in [2.45, 2.75) is 25.4 Å². The van der Waals surface area contributed by atoms with Crippen LogP contribution in [0.2, 0.25) is 5.02 Å². The molecule has 1 aromatic carbocycles. The summed E-state index contributed by atoms with van der Waals surface area (Å²) in [5.41, 5.74) is 2.15. The molecular weight excluding hydrogens is 314 g/mol. The Kier molecular flexibility index (Phi) is 3.41. The summed E-state index contributed by atoms with van der Waals surface area (Å²) in [7, 11) is 0. The summed E-state index contributed by atoms with van der Waals surface area (Å²) in [5, 5.41) is 4.17. The highest BCUT2D eigenvalue weighted by molar-refractivity contribution is 9.10. The largest absolute Gasteiger partial charge is 0.341 e. The molecule has 3 rings (SSSR count). The van der Waals surface area contributed by atoms with E-state index in [0.717, 1.165) is 28.1 Å². The molecule has 94 valence electrons. The first-order valence-electron chi connectivity index (χ1n) is 5.95. The van der Waals surface area contributed by atoms with E-state index >= 15 is 0 Å². The monoisotopic (exact) mass is 325 g/mol. The van der Waals surface area contributed by atoms with Crippen molar-refractivity contribution < 1.29 is 0 Å². The van der Waals surface area contributed by atoms with Crippen molar-refractivity contribution in [3.8, 4) is 11.4 Å². The van der Waals surface area contributed by atoms with Gasteiger partial charge in [-0.05, 0) is 47.0 Å². The number of imidazole rings is 1. The number of halogens is 2. The SMILES string of the molecule is Clc1ccc(-c2ncc(CNC3CC3)[nH]2)cc1Br. The average molecular weight is 327 g/mol. The quantitative estimate of drug-likeness (QED) is 0.898. The lowest BCUT2D eigenvalue weighted by Gasteiger charge is -2.01. The molecule has 3 nitrogen and oxygen atoms in total. The number of nitrogens with one attached hydrogen (secondary N) is 2. The zero-order chi connectivity index (χ0) is 12.5. The first-order valence-corrected chi connectivity index (χ1v) is 7.12. The number of hydrogen-bond donors (Lipinski definition) is 2. The molecule has 1 saturated carbocycles. The van der Waals surface area contributed by atoms with Gasteiger partial charge in [-0.25, -0.2) is 4.98 Å². The van der Waals surface area contributed by atoms with E-state index in [0.29, 0.717) is 11.1 Å². The summed E-state index contributed by atoms with van der Waals surface area (Å²) in [6.45, 7) is 0.854. The Bertz CT molecular complexity index is 563. The fraction of sp³-hybridized carbons (Fsp3) is 0.308. The van der Waals surface area contributed by atoms with Crippen molar-refractivity contribution in [3.63, 3.8) is 0 Å². The maximum Gasteiger partial charge on any atom is 0.137 e. The second-order valence-electron chi connectivity index (χ2n) is 4.54. The Labute approximate surface area is 119 Å². The van der Waals surface area contributed by atoms with Gasteiger partial charge in [-0.2, -0.15) is 0 Å². The summed E-state index contributed by atoms with van der Waals surface area (Å²) in [5.74, 6) is 0.875. The van der Waals surface area contributed by atoms with E-state index in [1.165, 1.54) is 12.8 Å². The Morgan fingerprint density at radius 1 is 1.44 bits per heavy atom. The molecule has 2 N–H and O–H groups in total. The van der Waals surface area contributed by atoms with Gasteiger partial charge in [0.15, 0.2) is 0 Å². The van der Waals surface area contributed by atoms with Crippen LogP contribution in [0, 0.1) is 0 Å². The fourth-order valence-corrected chi connectivity index (χ4v) is 2.28. The molecule has 5 heteroatoms. The molecule has 2 aromatic rings. The van der Waals surface area contributed by atoms with Crippen LogP contribution < -0.4 is 5.32 Å². The van der Waals surface area contributed by atoms with E-state index in [2.05, 4.69) is 31.2 Å². The second kappa shape index (κ2) is 5.03. The minimum Gasteiger partial charge on any atom is -0.341 e. The first kappa shape index (κ1) is 12.2. The third-order valence-corrected chi connectivity index (χ3v) is 4.19. The molecule has 1 aliphatic carbocycles. The highest BCUT2D eigenvalue weighted by Gasteiger charge is 2.20. The van der Waals surface area contributed by atoms with Crippen molar-refractivity contribution in [1.29, 1.82) is 0 Å². The first-order chi connectivity index (χ1) is 8.72. The van der Waals surface area contributed by atoms with E-state index in [1.807, 2.05) is 24.4 Å². The molecule has 1 heterocycles. The van der Waals surface area contributed by atoms with Crippen molar-refractivity contribution in [1.82, 2.24) is 15.3 Å². The molecule has 0 unspecified atom stereocenters. The Morgan fingerprint density at radius 3 is 3.00 bits per heavy atom. The van der Waals surface area contributed by atoms with Crippen molar-refractivity contribution in [3.05, 3.63) is 39.6 Å². The fourth-order valence-electron chi connectivity index (χ4n) is 1.78. The van der Waals surface area contributed by atoms with Gasteiger partial charge in [0.2, 0.25) is 0 Å². The van der Waals surface area contributed by atoms with Crippen LogP contribution in [0.25, 0.3) is 11.4 Å². The van der Waals surface area contributed by atoms with Gasteiger partial charge in [0, 0.05) is 34.5 Å². The Hall–Kier alpha value is -0.840. The highest BCUT2D eigenvalue weighted by Crippen LogP contribution is 2.27. The van der Waals surface area contributed by atoms with Crippen LogP contribution in [-0.2, 0) is 6.54 Å². The minimum absolute atomic E-state index is 0.709. The van der Waals surface area contributed by atoms with Crippen molar-refractivity contribution in [2.24, 2.45) is 0 Å². The summed E-state index contributed by atoms with van der Waals surface area (Å²) in [4.78, 5) is 7.72. The van der Waals surface area contributed by atoms with Crippen LogP contribution in [0.1, 0.15) is 18.5 Å². The van der Waals surface area contributed by atoms with Gasteiger partial charge < -0.3 is 10.3 Å². The summed E-state index contributed by atoms with van der Waals surface area (Å²) >= 11 is 9.40. The smallest absolute Gasteiger partial charge is 0.137 e. The Morgan fingerprint density at radius 2 is 2.28 bits per heavy atom. The van der Waals surface area contributed by atoms with Gasteiger partial charge in [-0.3, -0.25) is 0 Å². The predicted molar refractivity (Wildman–Crippen MR) is 76.6 cm³/mol. The molecule has 0 amide bonds. The maximum absolute atomic E-state index is 5.98. The van der Waals surface area contributed by atoms with Crippen molar-refractivity contribution >= 4 is 27.5 Å². The molecule has 18 heavy (non-hydrogen) atoms. The lowest BCUT2D eigenvalue weighted by molar-refractivity contribution is 0.677. The summed E-state index contributed by atoms with van der Waals surface area (Å²) < 4.78 is 0.885. The number of rotatable bonds is 4. The topological polar surface area (TPSA) is 40.7 Å². The number of aromatic nitrogens is 2. The zero-order valence-electron chi connectivity index (χ0n) is 9.71. The van der Waals surface area contributed by atoms with E-state index in [1.54, 1.807) is 0 Å². The molecule has 0 bridgehead atoms. The highest BCUT2D eigenvalue weighted by atomic mass is 79.9. The van der Waals surface area contributed by atoms with Crippen LogP contribution in [0.5, 0.6) is 0 Å². The predicted octanol–water partition coefficient (Wildman–Crippen LogP) is 3.74. The number of nitrogens with zero attached hydrogens (tertiary/aromatic N) is 1. The molecule has 1 aliphatic rings. The summed E-state index contributed by atoms with van der Waals surface area (Å²) in [6, 6.07) is 6.51. The molecule has 1 aromatic heterocycles. The zero-order valence-corrected chi connectivity index (χ0v) is 12.1. The van der Waals surface area contributed by atoms with Gasteiger partial charge in [0.1, 0.15) is 5.82 Å². The van der Waals surface area contributed by atoms with E-state index in [4.69, 9.17) is 11.6 Å². The number of H-pyrrole nitrogens is 1. The number of benzene rings is 1. The molecule has 0 atom stereocenters. The van der Waals surface area contributed by atoms with Gasteiger partial charge in [0.25, 0.3) is 0 Å². The number of hydrogen-bond acceptors (Lipinski definition) is 2. The van der Waals surface area contributed by atoms with Crippen LogP contribution in [0.4, 0.5) is 0 Å². The average Bonchev–Trinajstić information content (AvgIpc) is 3.08. The van der Waals surface area contributed by atoms with E-state index < -0.39 is 0 Å². The molecule has 0 aliphatic heterocycles. The minimum atomic E-state index is 0.709.